The molecule has 3 nitrogen and oxygen atoms in total. The van der Waals surface area contributed by atoms with Crippen molar-refractivity contribution in [1.82, 2.24) is 4.57 Å². The van der Waals surface area contributed by atoms with Crippen molar-refractivity contribution < 1.29 is 4.79 Å². The summed E-state index contributed by atoms with van der Waals surface area (Å²) in [5.41, 5.74) is 7.06. The van der Waals surface area contributed by atoms with Crippen LogP contribution >= 0.6 is 0 Å². The normalized spacial score (nSPS) is 12.8. The van der Waals surface area contributed by atoms with Gasteiger partial charge >= 0.3 is 0 Å². The van der Waals surface area contributed by atoms with Gasteiger partial charge < -0.3 is 10.3 Å². The van der Waals surface area contributed by atoms with Crippen LogP contribution in [0.25, 0.3) is 10.9 Å². The summed E-state index contributed by atoms with van der Waals surface area (Å²) >= 11 is 0. The first kappa shape index (κ1) is 11.7. The fourth-order valence-electron chi connectivity index (χ4n) is 2.34. The van der Waals surface area contributed by atoms with Crippen LogP contribution in [-0.2, 0) is 0 Å². The maximum absolute atomic E-state index is 11.3. The average Bonchev–Trinajstić information content (AvgIpc) is 2.72. The van der Waals surface area contributed by atoms with Gasteiger partial charge in [-0.15, -0.1) is 0 Å². The molecule has 0 saturated heterocycles. The van der Waals surface area contributed by atoms with Crippen LogP contribution in [0.2, 0.25) is 0 Å². The first-order chi connectivity index (χ1) is 8.15. The van der Waals surface area contributed by atoms with Crippen LogP contribution in [0.15, 0.2) is 30.5 Å². The van der Waals surface area contributed by atoms with E-state index in [2.05, 4.69) is 18.4 Å². The van der Waals surface area contributed by atoms with E-state index in [1.807, 2.05) is 24.4 Å². The molecule has 0 radical (unpaired) electrons. The number of benzene rings is 1. The molecule has 2 aromatic rings. The molecule has 0 saturated carbocycles. The summed E-state index contributed by atoms with van der Waals surface area (Å²) in [7, 11) is 0. The van der Waals surface area contributed by atoms with Gasteiger partial charge in [0.05, 0.1) is 0 Å². The Morgan fingerprint density at radius 2 is 2.18 bits per heavy atom. The fraction of sp³-hybridized carbons (Fsp3) is 0.357. The number of nitrogens with zero attached hydrogens (tertiary/aromatic N) is 1. The van der Waals surface area contributed by atoms with E-state index in [4.69, 9.17) is 5.73 Å². The third-order valence-electron chi connectivity index (χ3n) is 3.21. The van der Waals surface area contributed by atoms with Gasteiger partial charge in [0, 0.05) is 28.7 Å². The Hall–Kier alpha value is -1.77. The zero-order valence-corrected chi connectivity index (χ0v) is 10.3. The molecule has 0 fully saturated rings. The molecule has 1 amide bonds. The van der Waals surface area contributed by atoms with E-state index in [0.29, 0.717) is 11.6 Å². The molecule has 1 unspecified atom stereocenters. The van der Waals surface area contributed by atoms with Crippen molar-refractivity contribution >= 4 is 16.8 Å². The fourth-order valence-corrected chi connectivity index (χ4v) is 2.34. The van der Waals surface area contributed by atoms with E-state index in [9.17, 15) is 4.79 Å². The number of amides is 1. The number of primary amides is 1. The van der Waals surface area contributed by atoms with Crippen molar-refractivity contribution in [3.8, 4) is 0 Å². The van der Waals surface area contributed by atoms with E-state index < -0.39 is 0 Å². The minimum atomic E-state index is -0.364. The van der Waals surface area contributed by atoms with Crippen molar-refractivity contribution in [2.24, 2.45) is 5.73 Å². The lowest BCUT2D eigenvalue weighted by molar-refractivity contribution is 0.100. The van der Waals surface area contributed by atoms with E-state index in [-0.39, 0.29) is 5.91 Å². The molecular formula is C14H18N2O. The second kappa shape index (κ2) is 4.62. The lowest BCUT2D eigenvalue weighted by Crippen LogP contribution is -2.11. The van der Waals surface area contributed by atoms with E-state index >= 15 is 0 Å². The molecule has 0 bridgehead atoms. The number of rotatable bonds is 4. The van der Waals surface area contributed by atoms with Crippen LogP contribution < -0.4 is 5.73 Å². The topological polar surface area (TPSA) is 48.0 Å². The Balaban J connectivity index is 2.54. The second-order valence-electron chi connectivity index (χ2n) is 4.46. The third kappa shape index (κ3) is 2.05. The summed E-state index contributed by atoms with van der Waals surface area (Å²) in [6.45, 7) is 4.37. The maximum Gasteiger partial charge on any atom is 0.249 e. The van der Waals surface area contributed by atoms with Gasteiger partial charge in [0.2, 0.25) is 5.91 Å². The summed E-state index contributed by atoms with van der Waals surface area (Å²) in [6, 6.07) is 8.12. The molecule has 3 heteroatoms. The molecular weight excluding hydrogens is 212 g/mol. The number of hydrogen-bond acceptors (Lipinski definition) is 1. The monoisotopic (exact) mass is 230 g/mol. The van der Waals surface area contributed by atoms with Gasteiger partial charge in [-0.25, -0.2) is 0 Å². The Kier molecular flexibility index (Phi) is 3.18. The highest BCUT2D eigenvalue weighted by molar-refractivity contribution is 6.05. The van der Waals surface area contributed by atoms with E-state index in [1.165, 1.54) is 0 Å². The zero-order valence-electron chi connectivity index (χ0n) is 10.3. The number of fused-ring (bicyclic) bond motifs is 1. The van der Waals surface area contributed by atoms with Gasteiger partial charge in [-0.05, 0) is 31.5 Å². The van der Waals surface area contributed by atoms with Crippen LogP contribution in [0.1, 0.15) is 43.1 Å². The number of hydrogen-bond donors (Lipinski definition) is 1. The van der Waals surface area contributed by atoms with E-state index in [1.54, 1.807) is 6.07 Å². The molecule has 1 aromatic heterocycles. The van der Waals surface area contributed by atoms with Gasteiger partial charge in [0.1, 0.15) is 0 Å². The maximum atomic E-state index is 11.3. The van der Waals surface area contributed by atoms with Crippen LogP contribution in [0.3, 0.4) is 0 Å². The van der Waals surface area contributed by atoms with Gasteiger partial charge in [-0.2, -0.15) is 0 Å². The predicted molar refractivity (Wildman–Crippen MR) is 70.1 cm³/mol. The van der Waals surface area contributed by atoms with Crippen molar-refractivity contribution in [1.29, 1.82) is 0 Å². The Labute approximate surface area is 101 Å². The van der Waals surface area contributed by atoms with Crippen LogP contribution in [-0.4, -0.2) is 10.5 Å². The Bertz CT molecular complexity index is 542. The SMILES string of the molecule is CCCC(C)n1ccc2c(C(N)=O)cccc21. The summed E-state index contributed by atoms with van der Waals surface area (Å²) < 4.78 is 2.21. The summed E-state index contributed by atoms with van der Waals surface area (Å²) in [6.07, 6.45) is 4.32. The Morgan fingerprint density at radius 1 is 1.41 bits per heavy atom. The molecule has 2 N–H and O–H groups in total. The number of aromatic nitrogens is 1. The first-order valence-corrected chi connectivity index (χ1v) is 6.04. The average molecular weight is 230 g/mol. The zero-order chi connectivity index (χ0) is 12.4. The number of nitrogens with two attached hydrogens (primary N) is 1. The highest BCUT2D eigenvalue weighted by atomic mass is 16.1. The van der Waals surface area contributed by atoms with Crippen molar-refractivity contribution in [3.63, 3.8) is 0 Å². The minimum absolute atomic E-state index is 0.364. The molecule has 0 aliphatic rings. The highest BCUT2D eigenvalue weighted by Gasteiger charge is 2.11. The predicted octanol–water partition coefficient (Wildman–Crippen LogP) is 3.10. The quantitative estimate of drug-likeness (QED) is 0.862. The van der Waals surface area contributed by atoms with Crippen LogP contribution in [0.5, 0.6) is 0 Å². The number of carbonyl (C=O) groups is 1. The van der Waals surface area contributed by atoms with Gasteiger partial charge in [-0.1, -0.05) is 19.4 Å². The summed E-state index contributed by atoms with van der Waals surface area (Å²) in [5.74, 6) is -0.364. The van der Waals surface area contributed by atoms with Gasteiger partial charge in [0.15, 0.2) is 0 Å². The van der Waals surface area contributed by atoms with Gasteiger partial charge in [0.25, 0.3) is 0 Å². The van der Waals surface area contributed by atoms with Crippen molar-refractivity contribution in [2.45, 2.75) is 32.7 Å². The van der Waals surface area contributed by atoms with E-state index in [0.717, 1.165) is 23.7 Å². The lowest BCUT2D eigenvalue weighted by Gasteiger charge is -2.14. The molecule has 0 spiro atoms. The molecule has 17 heavy (non-hydrogen) atoms. The molecule has 1 aromatic carbocycles. The smallest absolute Gasteiger partial charge is 0.249 e. The molecule has 1 atom stereocenters. The van der Waals surface area contributed by atoms with Crippen LogP contribution in [0, 0.1) is 0 Å². The Morgan fingerprint density at radius 3 is 2.82 bits per heavy atom. The molecule has 1 heterocycles. The molecule has 2 rings (SSSR count). The van der Waals surface area contributed by atoms with Gasteiger partial charge in [-0.3, -0.25) is 4.79 Å². The van der Waals surface area contributed by atoms with Crippen molar-refractivity contribution in [2.75, 3.05) is 0 Å². The highest BCUT2D eigenvalue weighted by Crippen LogP contribution is 2.25. The first-order valence-electron chi connectivity index (χ1n) is 6.04. The largest absolute Gasteiger partial charge is 0.366 e. The summed E-state index contributed by atoms with van der Waals surface area (Å²) in [5, 5.41) is 0.947. The molecule has 0 aliphatic heterocycles. The van der Waals surface area contributed by atoms with Crippen molar-refractivity contribution in [3.05, 3.63) is 36.0 Å². The lowest BCUT2D eigenvalue weighted by atomic mass is 10.1. The molecule has 0 aliphatic carbocycles. The minimum Gasteiger partial charge on any atom is -0.366 e. The standard InChI is InChI=1S/C14H18N2O/c1-3-5-10(2)16-9-8-11-12(14(15)17)6-4-7-13(11)16/h4,6-10H,3,5H2,1-2H3,(H2,15,17). The second-order valence-corrected chi connectivity index (χ2v) is 4.46. The molecule has 90 valence electrons. The van der Waals surface area contributed by atoms with Crippen LogP contribution in [0.4, 0.5) is 0 Å². The number of carbonyl (C=O) groups excluding carboxylic acids is 1. The third-order valence-corrected chi connectivity index (χ3v) is 3.21. The summed E-state index contributed by atoms with van der Waals surface area (Å²) in [4.78, 5) is 11.3.